The largest absolute Gasteiger partial charge is 0.507 e. The van der Waals surface area contributed by atoms with Gasteiger partial charge in [0.2, 0.25) is 0 Å². The minimum atomic E-state index is -0.798. The van der Waals surface area contributed by atoms with E-state index < -0.39 is 17.7 Å². The number of hydrogen-bond acceptors (Lipinski definition) is 5. The van der Waals surface area contributed by atoms with E-state index in [0.717, 1.165) is 11.1 Å². The van der Waals surface area contributed by atoms with Crippen LogP contribution in [0.25, 0.3) is 5.76 Å². The molecule has 0 radical (unpaired) electrons. The van der Waals surface area contributed by atoms with Crippen molar-refractivity contribution in [3.05, 3.63) is 93.9 Å². The zero-order valence-corrected chi connectivity index (χ0v) is 17.7. The number of furan rings is 1. The molecular weight excluding hydrogens is 418 g/mol. The number of ether oxygens (including phenoxy) is 1. The van der Waals surface area contributed by atoms with Crippen molar-refractivity contribution in [2.75, 3.05) is 7.11 Å². The summed E-state index contributed by atoms with van der Waals surface area (Å²) >= 11 is 6.31. The van der Waals surface area contributed by atoms with Crippen molar-refractivity contribution in [2.24, 2.45) is 0 Å². The lowest BCUT2D eigenvalue weighted by Crippen LogP contribution is -2.29. The summed E-state index contributed by atoms with van der Waals surface area (Å²) in [5.74, 6) is -0.859. The van der Waals surface area contributed by atoms with Gasteiger partial charge in [0.05, 0.1) is 36.6 Å². The van der Waals surface area contributed by atoms with E-state index in [2.05, 4.69) is 0 Å². The van der Waals surface area contributed by atoms with Crippen LogP contribution in [0.4, 0.5) is 0 Å². The highest BCUT2D eigenvalue weighted by molar-refractivity contribution is 6.47. The first-order valence-electron chi connectivity index (χ1n) is 9.62. The molecule has 1 aliphatic heterocycles. The van der Waals surface area contributed by atoms with Crippen molar-refractivity contribution < 1.29 is 23.8 Å². The van der Waals surface area contributed by atoms with Crippen LogP contribution >= 0.6 is 11.6 Å². The van der Waals surface area contributed by atoms with Crippen LogP contribution in [-0.2, 0) is 16.1 Å². The predicted molar refractivity (Wildman–Crippen MR) is 116 cm³/mol. The molecule has 0 saturated carbocycles. The Morgan fingerprint density at radius 2 is 1.94 bits per heavy atom. The monoisotopic (exact) mass is 437 g/mol. The Labute approximate surface area is 184 Å². The van der Waals surface area contributed by atoms with Crippen molar-refractivity contribution in [3.63, 3.8) is 0 Å². The Balaban J connectivity index is 1.93. The molecule has 1 atom stereocenters. The number of Topliss-reactive ketones (excluding diaryl/α,β-unsaturated/α-hetero) is 1. The Morgan fingerprint density at radius 1 is 1.16 bits per heavy atom. The van der Waals surface area contributed by atoms with Gasteiger partial charge in [0, 0.05) is 5.56 Å². The fourth-order valence-electron chi connectivity index (χ4n) is 3.79. The third-order valence-electron chi connectivity index (χ3n) is 5.36. The summed E-state index contributed by atoms with van der Waals surface area (Å²) in [7, 11) is 1.49. The van der Waals surface area contributed by atoms with E-state index in [-0.39, 0.29) is 28.5 Å². The molecular formula is C24H20ClNO5. The first-order chi connectivity index (χ1) is 14.9. The summed E-state index contributed by atoms with van der Waals surface area (Å²) in [6.45, 7) is 1.97. The van der Waals surface area contributed by atoms with Gasteiger partial charge in [0.15, 0.2) is 0 Å². The number of carbonyl (C=O) groups is 2. The Hall–Kier alpha value is -3.51. The molecule has 1 amide bonds. The summed E-state index contributed by atoms with van der Waals surface area (Å²) in [5.41, 5.74) is 1.80. The lowest BCUT2D eigenvalue weighted by Gasteiger charge is -2.26. The number of halogens is 1. The van der Waals surface area contributed by atoms with E-state index in [9.17, 15) is 14.7 Å². The maximum atomic E-state index is 13.1. The highest BCUT2D eigenvalue weighted by Crippen LogP contribution is 2.42. The fourth-order valence-corrected chi connectivity index (χ4v) is 4.00. The third-order valence-corrected chi connectivity index (χ3v) is 5.69. The second-order valence-electron chi connectivity index (χ2n) is 7.21. The van der Waals surface area contributed by atoms with Crippen LogP contribution in [0, 0.1) is 6.92 Å². The maximum absolute atomic E-state index is 13.1. The molecule has 1 N–H and O–H groups in total. The second-order valence-corrected chi connectivity index (χ2v) is 7.62. The topological polar surface area (TPSA) is 80.0 Å². The Morgan fingerprint density at radius 3 is 2.61 bits per heavy atom. The summed E-state index contributed by atoms with van der Waals surface area (Å²) < 4.78 is 10.6. The first kappa shape index (κ1) is 20.8. The van der Waals surface area contributed by atoms with Gasteiger partial charge in [-0.3, -0.25) is 9.59 Å². The first-order valence-corrected chi connectivity index (χ1v) is 10.0. The number of aryl methyl sites for hydroxylation is 1. The van der Waals surface area contributed by atoms with Gasteiger partial charge in [0.1, 0.15) is 17.3 Å². The highest BCUT2D eigenvalue weighted by Gasteiger charge is 2.47. The Bertz CT molecular complexity index is 1180. The number of aliphatic hydroxyl groups excluding tert-OH is 1. The molecule has 2 aromatic carbocycles. The number of rotatable bonds is 5. The van der Waals surface area contributed by atoms with Gasteiger partial charge in [0.25, 0.3) is 11.7 Å². The molecule has 1 unspecified atom stereocenters. The molecule has 1 aliphatic rings. The summed E-state index contributed by atoms with van der Waals surface area (Å²) in [6.07, 6.45) is 1.50. The van der Waals surface area contributed by atoms with Gasteiger partial charge < -0.3 is 19.2 Å². The minimum Gasteiger partial charge on any atom is -0.507 e. The minimum absolute atomic E-state index is 0.0268. The second kappa shape index (κ2) is 8.32. The molecule has 6 nitrogen and oxygen atoms in total. The van der Waals surface area contributed by atoms with Crippen LogP contribution in [0.2, 0.25) is 5.02 Å². The van der Waals surface area contributed by atoms with Gasteiger partial charge >= 0.3 is 0 Å². The van der Waals surface area contributed by atoms with E-state index in [1.54, 1.807) is 24.3 Å². The molecule has 4 rings (SSSR count). The fraction of sp³-hybridized carbons (Fsp3) is 0.167. The predicted octanol–water partition coefficient (Wildman–Crippen LogP) is 4.87. The van der Waals surface area contributed by atoms with Crippen LogP contribution < -0.4 is 4.74 Å². The quantitative estimate of drug-likeness (QED) is 0.350. The van der Waals surface area contributed by atoms with Crippen LogP contribution in [0.3, 0.4) is 0 Å². The molecule has 0 bridgehead atoms. The van der Waals surface area contributed by atoms with Crippen molar-refractivity contribution in [1.82, 2.24) is 4.90 Å². The number of methoxy groups -OCH3 is 1. The lowest BCUT2D eigenvalue weighted by atomic mass is 9.92. The van der Waals surface area contributed by atoms with Crippen molar-refractivity contribution in [3.8, 4) is 5.75 Å². The number of aliphatic hydroxyl groups is 1. The molecule has 2 heterocycles. The van der Waals surface area contributed by atoms with E-state index in [1.165, 1.54) is 24.3 Å². The number of amides is 1. The molecule has 1 fully saturated rings. The van der Waals surface area contributed by atoms with Gasteiger partial charge in [-0.15, -0.1) is 0 Å². The standard InChI is InChI=1S/C24H20ClNO5/c1-14-6-3-4-8-17(14)21-20(22(27)18-12-15(30-2)9-10-19(18)25)23(28)24(29)26(21)13-16-7-5-11-31-16/h3-12,21,27H,13H2,1-2H3/b22-20+. The Kier molecular flexibility index (Phi) is 5.57. The van der Waals surface area contributed by atoms with Gasteiger partial charge in [-0.05, 0) is 48.4 Å². The molecule has 7 heteroatoms. The summed E-state index contributed by atoms with van der Waals surface area (Å²) in [4.78, 5) is 27.5. The normalized spacial score (nSPS) is 17.9. The van der Waals surface area contributed by atoms with E-state index in [1.807, 2.05) is 31.2 Å². The molecule has 1 aromatic heterocycles. The summed E-state index contributed by atoms with van der Waals surface area (Å²) in [6, 6.07) is 14.8. The average Bonchev–Trinajstić information content (AvgIpc) is 3.36. The molecule has 158 valence electrons. The third kappa shape index (κ3) is 3.70. The van der Waals surface area contributed by atoms with E-state index >= 15 is 0 Å². The van der Waals surface area contributed by atoms with Crippen LogP contribution in [0.1, 0.15) is 28.5 Å². The van der Waals surface area contributed by atoms with Gasteiger partial charge in [-0.25, -0.2) is 0 Å². The van der Waals surface area contributed by atoms with Crippen LogP contribution in [-0.4, -0.2) is 28.8 Å². The average molecular weight is 438 g/mol. The van der Waals surface area contributed by atoms with Crippen LogP contribution in [0.15, 0.2) is 70.9 Å². The molecule has 1 saturated heterocycles. The van der Waals surface area contributed by atoms with Gasteiger partial charge in [-0.2, -0.15) is 0 Å². The molecule has 0 spiro atoms. The number of likely N-dealkylation sites (tertiary alicyclic amines) is 1. The smallest absolute Gasteiger partial charge is 0.296 e. The molecule has 31 heavy (non-hydrogen) atoms. The van der Waals surface area contributed by atoms with Crippen molar-refractivity contribution in [1.29, 1.82) is 0 Å². The number of nitrogens with zero attached hydrogens (tertiary/aromatic N) is 1. The zero-order valence-electron chi connectivity index (χ0n) is 17.0. The summed E-state index contributed by atoms with van der Waals surface area (Å²) in [5, 5.41) is 11.4. The number of carbonyl (C=O) groups excluding carboxylic acids is 2. The maximum Gasteiger partial charge on any atom is 0.296 e. The number of benzene rings is 2. The van der Waals surface area contributed by atoms with Crippen molar-refractivity contribution >= 4 is 29.1 Å². The van der Waals surface area contributed by atoms with Crippen molar-refractivity contribution in [2.45, 2.75) is 19.5 Å². The molecule has 0 aliphatic carbocycles. The van der Waals surface area contributed by atoms with E-state index in [0.29, 0.717) is 11.5 Å². The lowest BCUT2D eigenvalue weighted by molar-refractivity contribution is -0.140. The highest BCUT2D eigenvalue weighted by atomic mass is 35.5. The van der Waals surface area contributed by atoms with Gasteiger partial charge in [-0.1, -0.05) is 35.9 Å². The molecule has 3 aromatic rings. The SMILES string of the molecule is COc1ccc(Cl)c(/C(O)=C2\C(=O)C(=O)N(Cc3ccco3)C2c2ccccc2C)c1. The van der Waals surface area contributed by atoms with Crippen LogP contribution in [0.5, 0.6) is 5.75 Å². The number of ketones is 1. The number of hydrogen-bond donors (Lipinski definition) is 1. The zero-order chi connectivity index (χ0) is 22.1. The van der Waals surface area contributed by atoms with E-state index in [4.69, 9.17) is 20.8 Å².